The molecule has 0 aliphatic carbocycles. The minimum absolute atomic E-state index is 0.0279. The first-order valence-corrected chi connectivity index (χ1v) is 12.4. The summed E-state index contributed by atoms with van der Waals surface area (Å²) < 4.78 is 71.3. The standard InChI is InChI=1S/C12H28O8P2S/c1-7-17-21(13,18-8-2)11(5)23(15,16)12(6)22(14,19-9-3)20-10-4/h11-12H,7-10H2,1-6H3. The third-order valence-corrected chi connectivity index (χ3v) is 12.5. The van der Waals surface area contributed by atoms with E-state index in [1.807, 2.05) is 0 Å². The Morgan fingerprint density at radius 1 is 0.696 bits per heavy atom. The summed E-state index contributed by atoms with van der Waals surface area (Å²) in [6.07, 6.45) is 0. The van der Waals surface area contributed by atoms with Crippen molar-refractivity contribution in [1.29, 1.82) is 0 Å². The second-order valence-electron chi connectivity index (χ2n) is 4.54. The van der Waals surface area contributed by atoms with Crippen LogP contribution in [0.4, 0.5) is 0 Å². The Balaban J connectivity index is 5.75. The van der Waals surface area contributed by atoms with Crippen LogP contribution in [0.2, 0.25) is 0 Å². The van der Waals surface area contributed by atoms with Crippen molar-refractivity contribution in [3.05, 3.63) is 0 Å². The van der Waals surface area contributed by atoms with E-state index in [4.69, 9.17) is 18.1 Å². The van der Waals surface area contributed by atoms with Gasteiger partial charge in [-0.05, 0) is 41.5 Å². The minimum Gasteiger partial charge on any atom is -0.308 e. The summed E-state index contributed by atoms with van der Waals surface area (Å²) in [6.45, 7) is 8.89. The molecule has 0 aromatic carbocycles. The predicted octanol–water partition coefficient (Wildman–Crippen LogP) is 3.63. The highest BCUT2D eigenvalue weighted by Gasteiger charge is 2.50. The van der Waals surface area contributed by atoms with Crippen LogP contribution in [-0.4, -0.2) is 44.8 Å². The molecule has 0 saturated carbocycles. The fourth-order valence-corrected chi connectivity index (χ4v) is 9.85. The van der Waals surface area contributed by atoms with Crippen LogP contribution in [0, 0.1) is 0 Å². The fourth-order valence-electron chi connectivity index (χ4n) is 1.86. The van der Waals surface area contributed by atoms with Crippen molar-refractivity contribution >= 4 is 25.0 Å². The Morgan fingerprint density at radius 2 is 0.913 bits per heavy atom. The predicted molar refractivity (Wildman–Crippen MR) is 89.6 cm³/mol. The Morgan fingerprint density at radius 3 is 1.09 bits per heavy atom. The molecule has 0 aromatic rings. The highest BCUT2D eigenvalue weighted by Crippen LogP contribution is 2.61. The lowest BCUT2D eigenvalue weighted by Crippen LogP contribution is -2.30. The Labute approximate surface area is 139 Å². The van der Waals surface area contributed by atoms with Crippen molar-refractivity contribution in [2.75, 3.05) is 26.4 Å². The van der Waals surface area contributed by atoms with E-state index in [0.717, 1.165) is 0 Å². The third-order valence-electron chi connectivity index (χ3n) is 3.08. The highest BCUT2D eigenvalue weighted by atomic mass is 32.2. The average molecular weight is 394 g/mol. The summed E-state index contributed by atoms with van der Waals surface area (Å²) in [4.78, 5) is -2.97. The summed E-state index contributed by atoms with van der Waals surface area (Å²) in [6, 6.07) is 0. The van der Waals surface area contributed by atoms with E-state index in [0.29, 0.717) is 0 Å². The van der Waals surface area contributed by atoms with Crippen LogP contribution in [-0.2, 0) is 37.1 Å². The van der Waals surface area contributed by atoms with Gasteiger partial charge in [0.25, 0.3) is 0 Å². The Hall–Kier alpha value is 0.250. The molecule has 140 valence electrons. The van der Waals surface area contributed by atoms with Crippen LogP contribution in [0.1, 0.15) is 41.5 Å². The van der Waals surface area contributed by atoms with Crippen LogP contribution in [0.15, 0.2) is 0 Å². The molecule has 0 aliphatic rings. The number of sulfone groups is 1. The molecule has 0 aromatic heterocycles. The molecule has 0 aliphatic heterocycles. The van der Waals surface area contributed by atoms with Crippen molar-refractivity contribution < 1.29 is 35.6 Å². The number of hydrogen-bond acceptors (Lipinski definition) is 8. The van der Waals surface area contributed by atoms with Gasteiger partial charge in [-0.25, -0.2) is 8.42 Å². The van der Waals surface area contributed by atoms with Crippen molar-refractivity contribution in [2.45, 2.75) is 51.5 Å². The van der Waals surface area contributed by atoms with E-state index < -0.39 is 35.0 Å². The van der Waals surface area contributed by atoms with Gasteiger partial charge in [-0.15, -0.1) is 0 Å². The molecule has 0 N–H and O–H groups in total. The van der Waals surface area contributed by atoms with E-state index in [9.17, 15) is 17.5 Å². The van der Waals surface area contributed by atoms with Crippen molar-refractivity contribution in [1.82, 2.24) is 0 Å². The van der Waals surface area contributed by atoms with E-state index in [1.165, 1.54) is 13.8 Å². The van der Waals surface area contributed by atoms with Gasteiger partial charge in [0, 0.05) is 0 Å². The van der Waals surface area contributed by atoms with Gasteiger partial charge in [-0.3, -0.25) is 9.13 Å². The molecule has 8 nitrogen and oxygen atoms in total. The highest BCUT2D eigenvalue weighted by molar-refractivity contribution is 8.03. The molecule has 0 spiro atoms. The van der Waals surface area contributed by atoms with Gasteiger partial charge in [0.1, 0.15) is 0 Å². The molecule has 0 bridgehead atoms. The molecule has 0 fully saturated rings. The maximum absolute atomic E-state index is 12.8. The second kappa shape index (κ2) is 9.66. The minimum atomic E-state index is -4.17. The lowest BCUT2D eigenvalue weighted by molar-refractivity contribution is 0.217. The topological polar surface area (TPSA) is 105 Å². The molecule has 11 heteroatoms. The summed E-state index contributed by atoms with van der Waals surface area (Å²) in [5.74, 6) is 0. The molecule has 23 heavy (non-hydrogen) atoms. The smallest absolute Gasteiger partial charge is 0.308 e. The quantitative estimate of drug-likeness (QED) is 0.462. The van der Waals surface area contributed by atoms with Crippen molar-refractivity contribution in [3.63, 3.8) is 0 Å². The molecular formula is C12H28O8P2S. The molecule has 0 radical (unpaired) electrons. The number of hydrogen-bond donors (Lipinski definition) is 0. The van der Waals surface area contributed by atoms with E-state index in [-0.39, 0.29) is 26.4 Å². The lowest BCUT2D eigenvalue weighted by atomic mass is 10.9. The summed E-state index contributed by atoms with van der Waals surface area (Å²) in [5, 5.41) is 0. The van der Waals surface area contributed by atoms with Gasteiger partial charge >= 0.3 is 15.2 Å². The van der Waals surface area contributed by atoms with E-state index in [1.54, 1.807) is 27.7 Å². The van der Waals surface area contributed by atoms with Gasteiger partial charge in [0.2, 0.25) is 0 Å². The van der Waals surface area contributed by atoms with Gasteiger partial charge < -0.3 is 18.1 Å². The molecular weight excluding hydrogens is 366 g/mol. The first-order valence-electron chi connectivity index (χ1n) is 7.55. The largest absolute Gasteiger partial charge is 0.348 e. The zero-order valence-corrected chi connectivity index (χ0v) is 17.2. The van der Waals surface area contributed by atoms with Gasteiger partial charge in [0.05, 0.1) is 26.4 Å². The van der Waals surface area contributed by atoms with Crippen LogP contribution >= 0.6 is 15.2 Å². The second-order valence-corrected chi connectivity index (χ2v) is 12.6. The fraction of sp³-hybridized carbons (Fsp3) is 1.00. The maximum atomic E-state index is 12.8. The van der Waals surface area contributed by atoms with Gasteiger partial charge in [-0.1, -0.05) is 0 Å². The van der Waals surface area contributed by atoms with E-state index in [2.05, 4.69) is 0 Å². The zero-order valence-electron chi connectivity index (χ0n) is 14.6. The SMILES string of the molecule is CCOP(=O)(OCC)C(C)S(=O)(=O)C(C)P(=O)(OCC)OCC. The lowest BCUT2D eigenvalue weighted by Gasteiger charge is -2.28. The van der Waals surface area contributed by atoms with Crippen molar-refractivity contribution in [2.24, 2.45) is 0 Å². The Kier molecular flexibility index (Phi) is 9.77. The molecule has 0 heterocycles. The van der Waals surface area contributed by atoms with Gasteiger partial charge in [-0.2, -0.15) is 0 Å². The van der Waals surface area contributed by atoms with Crippen molar-refractivity contribution in [3.8, 4) is 0 Å². The third kappa shape index (κ3) is 5.63. The van der Waals surface area contributed by atoms with E-state index >= 15 is 0 Å². The van der Waals surface area contributed by atoms with Crippen LogP contribution in [0.3, 0.4) is 0 Å². The number of rotatable bonds is 12. The maximum Gasteiger partial charge on any atom is 0.348 e. The normalized spacial score (nSPS) is 16.3. The molecule has 0 amide bonds. The van der Waals surface area contributed by atoms with Gasteiger partial charge in [0.15, 0.2) is 19.8 Å². The Bertz CT molecular complexity index is 485. The van der Waals surface area contributed by atoms with Crippen LogP contribution < -0.4 is 0 Å². The van der Waals surface area contributed by atoms with Crippen LogP contribution in [0.25, 0.3) is 0 Å². The summed E-state index contributed by atoms with van der Waals surface area (Å²) in [7, 11) is -12.0. The molecule has 2 unspecified atom stereocenters. The molecule has 0 saturated heterocycles. The van der Waals surface area contributed by atoms with Crippen LogP contribution in [0.5, 0.6) is 0 Å². The average Bonchev–Trinajstić information content (AvgIpc) is 2.46. The molecule has 2 atom stereocenters. The molecule has 0 rings (SSSR count). The zero-order chi connectivity index (χ0) is 18.3. The first kappa shape index (κ1) is 23.2. The first-order chi connectivity index (χ1) is 10.6. The summed E-state index contributed by atoms with van der Waals surface area (Å²) >= 11 is 0. The summed E-state index contributed by atoms with van der Waals surface area (Å²) in [5.41, 5.74) is 0. The monoisotopic (exact) mass is 394 g/mol.